The molecule has 0 unspecified atom stereocenters. The van der Waals surface area contributed by atoms with Gasteiger partial charge in [0.2, 0.25) is 11.2 Å². The lowest BCUT2D eigenvalue weighted by Gasteiger charge is -2.01. The Morgan fingerprint density at radius 3 is 2.27 bits per heavy atom. The molecule has 26 heavy (non-hydrogen) atoms. The minimum atomic E-state index is 0. The average Bonchev–Trinajstić information content (AvgIpc) is 2.69. The lowest BCUT2D eigenvalue weighted by atomic mass is 10.1. The van der Waals surface area contributed by atoms with Crippen LogP contribution in [0.3, 0.4) is 0 Å². The highest BCUT2D eigenvalue weighted by Crippen LogP contribution is 2.18. The third kappa shape index (κ3) is 3.80. The van der Waals surface area contributed by atoms with Crippen LogP contribution >= 0.6 is 0 Å². The summed E-state index contributed by atoms with van der Waals surface area (Å²) in [6.45, 7) is 0. The molecule has 0 aliphatic rings. The molecule has 0 radical (unpaired) electrons. The average molecular weight is 451 g/mol. The molecule has 0 saturated heterocycles. The second-order valence-electron chi connectivity index (χ2n) is 5.96. The van der Waals surface area contributed by atoms with Crippen molar-refractivity contribution in [2.75, 3.05) is 0 Å². The molecule has 2 aromatic carbocycles. The van der Waals surface area contributed by atoms with Crippen molar-refractivity contribution >= 4 is 23.1 Å². The summed E-state index contributed by atoms with van der Waals surface area (Å²) in [6, 6.07) is 21.1. The molecule has 4 heteroatoms. The Kier molecular flexibility index (Phi) is 5.73. The zero-order valence-electron chi connectivity index (χ0n) is 14.4. The van der Waals surface area contributed by atoms with E-state index in [2.05, 4.69) is 94.4 Å². The molecule has 0 amide bonds. The summed E-state index contributed by atoms with van der Waals surface area (Å²) in [6.07, 6.45) is 9.48. The van der Waals surface area contributed by atoms with Gasteiger partial charge >= 0.3 is 0 Å². The van der Waals surface area contributed by atoms with Gasteiger partial charge in [0.1, 0.15) is 13.4 Å². The van der Waals surface area contributed by atoms with E-state index >= 15 is 0 Å². The summed E-state index contributed by atoms with van der Waals surface area (Å²) >= 11 is 0. The number of aryl methyl sites for hydroxylation is 1. The van der Waals surface area contributed by atoms with E-state index in [1.54, 1.807) is 6.33 Å². The van der Waals surface area contributed by atoms with E-state index in [9.17, 15) is 0 Å². The van der Waals surface area contributed by atoms with E-state index in [1.807, 2.05) is 12.4 Å². The third-order valence-corrected chi connectivity index (χ3v) is 4.37. The van der Waals surface area contributed by atoms with Crippen molar-refractivity contribution < 1.29 is 28.5 Å². The van der Waals surface area contributed by atoms with Crippen LogP contribution in [0.1, 0.15) is 11.3 Å². The van der Waals surface area contributed by atoms with E-state index < -0.39 is 0 Å². The summed E-state index contributed by atoms with van der Waals surface area (Å²) < 4.78 is 2.21. The number of aromatic nitrogens is 3. The van der Waals surface area contributed by atoms with Crippen LogP contribution in [0.5, 0.6) is 0 Å². The molecule has 0 aliphatic heterocycles. The molecule has 0 spiro atoms. The number of benzene rings is 2. The molecule has 3 nitrogen and oxygen atoms in total. The standard InChI is InChI=1S/C22H18N3.HI/c1-25-21(13-11-19-4-2-3-5-22(19)25)12-8-17-6-9-18(10-7-17)20-14-23-16-24-15-20;/h2-16H,1H3;1H/q+1;/p-1. The summed E-state index contributed by atoms with van der Waals surface area (Å²) in [4.78, 5) is 8.13. The SMILES string of the molecule is C[n+]1c(/C=C/c2ccc(-c3cncnc3)cc2)ccc2ccccc21.[I-]. The van der Waals surface area contributed by atoms with Crippen molar-refractivity contribution in [1.29, 1.82) is 0 Å². The molecular weight excluding hydrogens is 433 g/mol. The van der Waals surface area contributed by atoms with Gasteiger partial charge in [0, 0.05) is 41.6 Å². The molecule has 2 heterocycles. The lowest BCUT2D eigenvalue weighted by Crippen LogP contribution is -3.00. The van der Waals surface area contributed by atoms with Gasteiger partial charge in [-0.2, -0.15) is 4.57 Å². The van der Waals surface area contributed by atoms with Gasteiger partial charge in [-0.15, -0.1) is 0 Å². The number of rotatable bonds is 3. The zero-order chi connectivity index (χ0) is 17.1. The first kappa shape index (κ1) is 18.2. The predicted octanol–water partition coefficient (Wildman–Crippen LogP) is 1.30. The second kappa shape index (κ2) is 8.19. The Bertz CT molecular complexity index is 1040. The van der Waals surface area contributed by atoms with Crippen LogP contribution in [0.15, 0.2) is 79.4 Å². The molecule has 128 valence electrons. The highest BCUT2D eigenvalue weighted by Gasteiger charge is 2.08. The quantitative estimate of drug-likeness (QED) is 0.347. The van der Waals surface area contributed by atoms with E-state index in [-0.39, 0.29) is 24.0 Å². The number of fused-ring (bicyclic) bond motifs is 1. The molecule has 0 saturated carbocycles. The number of halogens is 1. The van der Waals surface area contributed by atoms with Crippen LogP contribution in [0.25, 0.3) is 34.2 Å². The van der Waals surface area contributed by atoms with Gasteiger partial charge in [0.15, 0.2) is 0 Å². The van der Waals surface area contributed by atoms with Crippen molar-refractivity contribution in [1.82, 2.24) is 9.97 Å². The molecular formula is C22H18IN3. The van der Waals surface area contributed by atoms with Crippen LogP contribution in [0, 0.1) is 0 Å². The topological polar surface area (TPSA) is 29.7 Å². The minimum Gasteiger partial charge on any atom is -1.00 e. The van der Waals surface area contributed by atoms with Crippen molar-refractivity contribution in [3.05, 3.63) is 90.6 Å². The molecule has 0 atom stereocenters. The maximum absolute atomic E-state index is 4.07. The van der Waals surface area contributed by atoms with Crippen molar-refractivity contribution in [2.45, 2.75) is 0 Å². The number of hydrogen-bond donors (Lipinski definition) is 0. The zero-order valence-corrected chi connectivity index (χ0v) is 16.5. The van der Waals surface area contributed by atoms with Gasteiger partial charge < -0.3 is 24.0 Å². The Labute approximate surface area is 170 Å². The van der Waals surface area contributed by atoms with Gasteiger partial charge in [-0.25, -0.2) is 9.97 Å². The molecule has 2 aromatic heterocycles. The summed E-state index contributed by atoms with van der Waals surface area (Å²) in [5.41, 5.74) is 5.70. The van der Waals surface area contributed by atoms with Crippen LogP contribution in [-0.4, -0.2) is 9.97 Å². The first-order valence-electron chi connectivity index (χ1n) is 8.22. The van der Waals surface area contributed by atoms with Gasteiger partial charge in [0.05, 0.1) is 0 Å². The van der Waals surface area contributed by atoms with Gasteiger partial charge in [0.25, 0.3) is 0 Å². The summed E-state index contributed by atoms with van der Waals surface area (Å²) in [5.74, 6) is 0. The highest BCUT2D eigenvalue weighted by atomic mass is 127. The Balaban J connectivity index is 0.00000196. The largest absolute Gasteiger partial charge is 1.00 e. The second-order valence-corrected chi connectivity index (χ2v) is 5.96. The Hall–Kier alpha value is -2.60. The summed E-state index contributed by atoms with van der Waals surface area (Å²) in [7, 11) is 2.10. The van der Waals surface area contributed by atoms with Crippen LogP contribution in [0.4, 0.5) is 0 Å². The highest BCUT2D eigenvalue weighted by molar-refractivity contribution is 5.77. The normalized spacial score (nSPS) is 10.8. The first-order valence-corrected chi connectivity index (χ1v) is 8.22. The molecule has 0 fully saturated rings. The summed E-state index contributed by atoms with van der Waals surface area (Å²) in [5, 5.41) is 1.25. The lowest BCUT2D eigenvalue weighted by molar-refractivity contribution is -0.646. The van der Waals surface area contributed by atoms with Gasteiger partial charge in [-0.1, -0.05) is 36.4 Å². The third-order valence-electron chi connectivity index (χ3n) is 4.37. The fourth-order valence-electron chi connectivity index (χ4n) is 2.94. The number of hydrogen-bond acceptors (Lipinski definition) is 2. The predicted molar refractivity (Wildman–Crippen MR) is 102 cm³/mol. The smallest absolute Gasteiger partial charge is 0.212 e. The number of para-hydroxylation sites is 1. The maximum Gasteiger partial charge on any atom is 0.212 e. The van der Waals surface area contributed by atoms with Crippen molar-refractivity contribution in [3.63, 3.8) is 0 Å². The number of pyridine rings is 1. The molecule has 0 aliphatic carbocycles. The minimum absolute atomic E-state index is 0. The van der Waals surface area contributed by atoms with Gasteiger partial charge in [-0.3, -0.25) is 0 Å². The van der Waals surface area contributed by atoms with E-state index in [0.29, 0.717) is 0 Å². The molecule has 4 aromatic rings. The first-order chi connectivity index (χ1) is 12.3. The number of nitrogens with zero attached hydrogens (tertiary/aromatic N) is 3. The van der Waals surface area contributed by atoms with Crippen LogP contribution in [-0.2, 0) is 7.05 Å². The Morgan fingerprint density at radius 1 is 0.769 bits per heavy atom. The fourth-order valence-corrected chi connectivity index (χ4v) is 2.94. The molecule has 0 bridgehead atoms. The Morgan fingerprint density at radius 2 is 1.50 bits per heavy atom. The molecule has 4 rings (SSSR count). The van der Waals surface area contributed by atoms with Crippen LogP contribution < -0.4 is 28.5 Å². The van der Waals surface area contributed by atoms with E-state index in [0.717, 1.165) is 16.7 Å². The van der Waals surface area contributed by atoms with Crippen molar-refractivity contribution in [3.8, 4) is 11.1 Å². The fraction of sp³-hybridized carbons (Fsp3) is 0.0455. The van der Waals surface area contributed by atoms with E-state index in [1.165, 1.54) is 16.6 Å². The van der Waals surface area contributed by atoms with Crippen molar-refractivity contribution in [2.24, 2.45) is 7.05 Å². The van der Waals surface area contributed by atoms with Crippen LogP contribution in [0.2, 0.25) is 0 Å². The monoisotopic (exact) mass is 451 g/mol. The van der Waals surface area contributed by atoms with Gasteiger partial charge in [-0.05, 0) is 29.3 Å². The van der Waals surface area contributed by atoms with E-state index in [4.69, 9.17) is 0 Å². The maximum atomic E-state index is 4.07. The molecule has 0 N–H and O–H groups in total.